The highest BCUT2D eigenvalue weighted by atomic mass is 32.2. The molecular weight excluding hydrogens is 444 g/mol. The zero-order chi connectivity index (χ0) is 21.2. The van der Waals surface area contributed by atoms with Gasteiger partial charge in [0.05, 0.1) is 33.3 Å². The van der Waals surface area contributed by atoms with E-state index in [4.69, 9.17) is 5.26 Å². The van der Waals surface area contributed by atoms with Crippen molar-refractivity contribution in [1.29, 1.82) is 5.26 Å². The van der Waals surface area contributed by atoms with Gasteiger partial charge in [-0.25, -0.2) is 9.97 Å². The van der Waals surface area contributed by atoms with Gasteiger partial charge in [0.1, 0.15) is 10.7 Å². The molecule has 6 nitrogen and oxygen atoms in total. The Morgan fingerprint density at radius 1 is 1.19 bits per heavy atom. The number of thiazole rings is 1. The van der Waals surface area contributed by atoms with Gasteiger partial charge in [0.25, 0.3) is 0 Å². The number of nitriles is 1. The SMILES string of the molecule is CSc1cnc(-c2cnc3[nH]ccc3c2NC2CC(NSc3cccc(C#N)c3)C2)s1. The van der Waals surface area contributed by atoms with E-state index in [1.807, 2.05) is 42.9 Å². The minimum Gasteiger partial charge on any atom is -0.381 e. The molecule has 1 aliphatic rings. The Morgan fingerprint density at radius 2 is 2.10 bits per heavy atom. The molecule has 0 saturated heterocycles. The average molecular weight is 465 g/mol. The Labute approximate surface area is 193 Å². The number of hydrogen-bond donors (Lipinski definition) is 3. The number of nitrogens with one attached hydrogen (secondary N) is 3. The second-order valence-corrected chi connectivity index (χ2v) is 10.4. The largest absolute Gasteiger partial charge is 0.381 e. The van der Waals surface area contributed by atoms with Crippen LogP contribution in [-0.4, -0.2) is 33.3 Å². The fourth-order valence-electron chi connectivity index (χ4n) is 3.62. The Morgan fingerprint density at radius 3 is 2.90 bits per heavy atom. The lowest BCUT2D eigenvalue weighted by atomic mass is 9.87. The molecule has 3 heterocycles. The molecule has 156 valence electrons. The van der Waals surface area contributed by atoms with E-state index in [1.54, 1.807) is 35.0 Å². The van der Waals surface area contributed by atoms with Crippen LogP contribution in [0.25, 0.3) is 21.6 Å². The number of aromatic amines is 1. The smallest absolute Gasteiger partial charge is 0.139 e. The van der Waals surface area contributed by atoms with Gasteiger partial charge >= 0.3 is 0 Å². The van der Waals surface area contributed by atoms with Crippen molar-refractivity contribution in [3.63, 3.8) is 0 Å². The monoisotopic (exact) mass is 464 g/mol. The van der Waals surface area contributed by atoms with Crippen LogP contribution < -0.4 is 10.0 Å². The molecule has 0 bridgehead atoms. The molecule has 3 N–H and O–H groups in total. The summed E-state index contributed by atoms with van der Waals surface area (Å²) < 4.78 is 4.72. The van der Waals surface area contributed by atoms with Gasteiger partial charge < -0.3 is 10.3 Å². The average Bonchev–Trinajstić information content (AvgIpc) is 3.44. The van der Waals surface area contributed by atoms with Gasteiger partial charge in [-0.1, -0.05) is 6.07 Å². The Kier molecular flexibility index (Phi) is 5.87. The summed E-state index contributed by atoms with van der Waals surface area (Å²) in [5, 5.41) is 14.9. The second-order valence-electron chi connectivity index (χ2n) is 7.34. The maximum Gasteiger partial charge on any atom is 0.139 e. The van der Waals surface area contributed by atoms with Crippen molar-refractivity contribution in [2.45, 2.75) is 34.0 Å². The number of anilines is 1. The Bertz CT molecular complexity index is 1250. The molecule has 3 aromatic heterocycles. The first-order valence-electron chi connectivity index (χ1n) is 9.89. The summed E-state index contributed by atoms with van der Waals surface area (Å²) in [4.78, 5) is 13.5. The third-order valence-corrected chi connectivity index (χ3v) is 8.32. The first kappa shape index (κ1) is 20.4. The molecule has 0 aliphatic heterocycles. The maximum atomic E-state index is 9.05. The lowest BCUT2D eigenvalue weighted by Gasteiger charge is -2.37. The molecule has 0 atom stereocenters. The Hall–Kier alpha value is -2.51. The summed E-state index contributed by atoms with van der Waals surface area (Å²) in [6, 6.07) is 12.8. The van der Waals surface area contributed by atoms with Crippen LogP contribution in [0.3, 0.4) is 0 Å². The molecule has 1 saturated carbocycles. The van der Waals surface area contributed by atoms with Gasteiger partial charge in [-0.15, -0.1) is 23.1 Å². The molecule has 0 spiro atoms. The third kappa shape index (κ3) is 4.29. The number of H-pyrrole nitrogens is 1. The topological polar surface area (TPSA) is 89.4 Å². The van der Waals surface area contributed by atoms with Crippen LogP contribution in [0.1, 0.15) is 18.4 Å². The first-order valence-corrected chi connectivity index (χ1v) is 12.7. The normalized spacial score (nSPS) is 17.9. The summed E-state index contributed by atoms with van der Waals surface area (Å²) in [7, 11) is 0. The van der Waals surface area contributed by atoms with Gasteiger partial charge in [-0.2, -0.15) is 5.26 Å². The van der Waals surface area contributed by atoms with Gasteiger partial charge in [0.2, 0.25) is 0 Å². The van der Waals surface area contributed by atoms with Crippen LogP contribution in [0.2, 0.25) is 0 Å². The lowest BCUT2D eigenvalue weighted by Crippen LogP contribution is -2.45. The van der Waals surface area contributed by atoms with E-state index >= 15 is 0 Å². The van der Waals surface area contributed by atoms with Crippen molar-refractivity contribution < 1.29 is 0 Å². The summed E-state index contributed by atoms with van der Waals surface area (Å²) in [5.74, 6) is 0. The van der Waals surface area contributed by atoms with E-state index in [0.717, 1.165) is 45.0 Å². The van der Waals surface area contributed by atoms with E-state index in [9.17, 15) is 0 Å². The molecule has 9 heteroatoms. The van der Waals surface area contributed by atoms with Gasteiger partial charge in [0.15, 0.2) is 0 Å². The highest BCUT2D eigenvalue weighted by Gasteiger charge is 2.30. The van der Waals surface area contributed by atoms with Crippen molar-refractivity contribution in [2.24, 2.45) is 0 Å². The van der Waals surface area contributed by atoms with Crippen LogP contribution in [0.5, 0.6) is 0 Å². The van der Waals surface area contributed by atoms with E-state index in [0.29, 0.717) is 17.6 Å². The Balaban J connectivity index is 1.27. The molecule has 4 aromatic rings. The minimum absolute atomic E-state index is 0.391. The van der Waals surface area contributed by atoms with Crippen molar-refractivity contribution in [1.82, 2.24) is 19.7 Å². The van der Waals surface area contributed by atoms with Crippen LogP contribution >= 0.6 is 35.0 Å². The molecule has 5 rings (SSSR count). The fourth-order valence-corrected chi connectivity index (χ4v) is 5.84. The third-order valence-electron chi connectivity index (χ3n) is 5.30. The number of nitrogens with zero attached hydrogens (tertiary/aromatic N) is 3. The van der Waals surface area contributed by atoms with Crippen molar-refractivity contribution >= 4 is 51.8 Å². The van der Waals surface area contributed by atoms with Crippen molar-refractivity contribution in [3.05, 3.63) is 54.5 Å². The second kappa shape index (κ2) is 8.93. The number of benzene rings is 1. The van der Waals surface area contributed by atoms with Crippen LogP contribution in [0.15, 0.2) is 58.0 Å². The molecule has 1 aliphatic carbocycles. The zero-order valence-electron chi connectivity index (χ0n) is 16.8. The molecule has 0 amide bonds. The number of pyridine rings is 1. The number of aromatic nitrogens is 3. The molecule has 0 unspecified atom stereocenters. The summed E-state index contributed by atoms with van der Waals surface area (Å²) in [5.41, 5.74) is 3.73. The predicted molar refractivity (Wildman–Crippen MR) is 130 cm³/mol. The fraction of sp³-hybridized carbons (Fsp3) is 0.227. The van der Waals surface area contributed by atoms with E-state index < -0.39 is 0 Å². The number of rotatable bonds is 7. The predicted octanol–water partition coefficient (Wildman–Crippen LogP) is 5.52. The van der Waals surface area contributed by atoms with Crippen LogP contribution in [0, 0.1) is 11.3 Å². The summed E-state index contributed by atoms with van der Waals surface area (Å²) in [6.45, 7) is 0. The molecule has 0 radical (unpaired) electrons. The number of fused-ring (bicyclic) bond motifs is 1. The van der Waals surface area contributed by atoms with E-state index in [2.05, 4.69) is 43.4 Å². The zero-order valence-corrected chi connectivity index (χ0v) is 19.2. The standard InChI is InChI=1S/C22H20N6S3/c1-29-19-12-26-22(30-19)18-11-25-21-17(5-6-24-21)20(18)27-14-8-15(9-14)28-31-16-4-2-3-13(7-16)10-23/h2-7,11-12,14-15,28H,8-9H2,1H3,(H2,24,25,27). The van der Waals surface area contributed by atoms with Gasteiger partial charge in [-0.05, 0) is 55.3 Å². The lowest BCUT2D eigenvalue weighted by molar-refractivity contribution is 0.355. The van der Waals surface area contributed by atoms with Gasteiger partial charge in [-0.3, -0.25) is 4.72 Å². The van der Waals surface area contributed by atoms with E-state index in [1.165, 1.54) is 4.21 Å². The summed E-state index contributed by atoms with van der Waals surface area (Å²) in [6.07, 6.45) is 9.91. The molecular formula is C22H20N6S3. The van der Waals surface area contributed by atoms with Crippen molar-refractivity contribution in [3.8, 4) is 16.6 Å². The molecule has 31 heavy (non-hydrogen) atoms. The number of hydrogen-bond acceptors (Lipinski definition) is 8. The maximum absolute atomic E-state index is 9.05. The van der Waals surface area contributed by atoms with Crippen molar-refractivity contribution in [2.75, 3.05) is 11.6 Å². The van der Waals surface area contributed by atoms with Crippen LogP contribution in [0.4, 0.5) is 5.69 Å². The quantitative estimate of drug-likeness (QED) is 0.245. The van der Waals surface area contributed by atoms with Crippen LogP contribution in [-0.2, 0) is 0 Å². The number of thioether (sulfide) groups is 1. The van der Waals surface area contributed by atoms with E-state index in [-0.39, 0.29) is 0 Å². The minimum atomic E-state index is 0.391. The highest BCUT2D eigenvalue weighted by molar-refractivity contribution is 8.00. The first-order chi connectivity index (χ1) is 15.2. The summed E-state index contributed by atoms with van der Waals surface area (Å²) >= 11 is 5.01. The van der Waals surface area contributed by atoms with Gasteiger partial charge in [0, 0.05) is 34.8 Å². The highest BCUT2D eigenvalue weighted by Crippen LogP contribution is 2.39. The molecule has 1 aromatic carbocycles. The molecule has 1 fully saturated rings.